The van der Waals surface area contributed by atoms with Gasteiger partial charge in [0.2, 0.25) is 0 Å². The maximum absolute atomic E-state index is 10.8. The number of nitrogens with one attached hydrogen (secondary N) is 1. The van der Waals surface area contributed by atoms with Gasteiger partial charge in [0.05, 0.1) is 5.69 Å². The molecule has 1 atom stereocenters. The van der Waals surface area contributed by atoms with Gasteiger partial charge in [-0.1, -0.05) is 30.9 Å². The Labute approximate surface area is 114 Å². The summed E-state index contributed by atoms with van der Waals surface area (Å²) in [5, 5.41) is 0. The van der Waals surface area contributed by atoms with Crippen LogP contribution in [0, 0.1) is 0 Å². The molecule has 1 unspecified atom stereocenters. The second kappa shape index (κ2) is 6.37. The number of rotatable bonds is 6. The van der Waals surface area contributed by atoms with Crippen LogP contribution >= 0.6 is 0 Å². The summed E-state index contributed by atoms with van der Waals surface area (Å²) >= 11 is 0. The third-order valence-electron chi connectivity index (χ3n) is 3.76. The van der Waals surface area contributed by atoms with E-state index in [9.17, 15) is 4.79 Å². The van der Waals surface area contributed by atoms with Crippen molar-refractivity contribution in [2.75, 3.05) is 0 Å². The summed E-state index contributed by atoms with van der Waals surface area (Å²) in [6.07, 6.45) is 13.5. The van der Waals surface area contributed by atoms with Gasteiger partial charge >= 0.3 is 0 Å². The summed E-state index contributed by atoms with van der Waals surface area (Å²) < 4.78 is 0. The molecule has 2 nitrogen and oxygen atoms in total. The zero-order chi connectivity index (χ0) is 13.7. The van der Waals surface area contributed by atoms with Crippen molar-refractivity contribution in [1.29, 1.82) is 0 Å². The number of aldehydes is 1. The summed E-state index contributed by atoms with van der Waals surface area (Å²) in [5.74, 6) is 0.582. The molecule has 0 amide bonds. The molecule has 0 spiro atoms. The van der Waals surface area contributed by atoms with E-state index in [0.29, 0.717) is 11.6 Å². The highest BCUT2D eigenvalue weighted by molar-refractivity contribution is 5.73. The van der Waals surface area contributed by atoms with Crippen molar-refractivity contribution >= 4 is 6.29 Å². The van der Waals surface area contributed by atoms with Gasteiger partial charge < -0.3 is 4.98 Å². The molecular formula is C17H21NO. The van der Waals surface area contributed by atoms with Crippen LogP contribution in [-0.2, 0) is 6.42 Å². The van der Waals surface area contributed by atoms with E-state index in [1.807, 2.05) is 19.1 Å². The fraction of sp³-hybridized carbons (Fsp3) is 0.353. The predicted octanol–water partition coefficient (Wildman–Crippen LogP) is 4.33. The SMILES string of the molecule is C=C/C=C(\C=C/C)CCC1CCc2[nH]c(C=O)cc21. The number of hydrogen-bond donors (Lipinski definition) is 1. The molecule has 100 valence electrons. The molecule has 0 radical (unpaired) electrons. The van der Waals surface area contributed by atoms with E-state index in [1.54, 1.807) is 0 Å². The van der Waals surface area contributed by atoms with Gasteiger partial charge in [0.15, 0.2) is 6.29 Å². The Balaban J connectivity index is 2.02. The first kappa shape index (κ1) is 13.6. The van der Waals surface area contributed by atoms with Crippen molar-refractivity contribution in [1.82, 2.24) is 4.98 Å². The number of fused-ring (bicyclic) bond motifs is 1. The Morgan fingerprint density at radius 2 is 2.42 bits per heavy atom. The van der Waals surface area contributed by atoms with Gasteiger partial charge in [0.25, 0.3) is 0 Å². The Hall–Kier alpha value is -1.83. The van der Waals surface area contributed by atoms with Crippen LogP contribution in [0.25, 0.3) is 0 Å². The number of aromatic amines is 1. The van der Waals surface area contributed by atoms with Gasteiger partial charge in [-0.05, 0) is 55.7 Å². The van der Waals surface area contributed by atoms with Crippen LogP contribution in [0.2, 0.25) is 0 Å². The molecule has 2 rings (SSSR count). The van der Waals surface area contributed by atoms with Crippen LogP contribution in [0.5, 0.6) is 0 Å². The van der Waals surface area contributed by atoms with Crippen molar-refractivity contribution in [3.05, 3.63) is 59.5 Å². The van der Waals surface area contributed by atoms with E-state index in [4.69, 9.17) is 0 Å². The fourth-order valence-corrected chi connectivity index (χ4v) is 2.87. The van der Waals surface area contributed by atoms with Gasteiger partial charge in [-0.2, -0.15) is 0 Å². The molecule has 1 aromatic rings. The van der Waals surface area contributed by atoms with Crippen LogP contribution in [0.15, 0.2) is 42.5 Å². The molecular weight excluding hydrogens is 234 g/mol. The molecule has 1 aromatic heterocycles. The van der Waals surface area contributed by atoms with Crippen LogP contribution < -0.4 is 0 Å². The number of aromatic nitrogens is 1. The maximum atomic E-state index is 10.8. The Kier molecular flexibility index (Phi) is 4.56. The average molecular weight is 255 g/mol. The molecule has 0 fully saturated rings. The van der Waals surface area contributed by atoms with E-state index >= 15 is 0 Å². The fourth-order valence-electron chi connectivity index (χ4n) is 2.87. The van der Waals surface area contributed by atoms with Gasteiger partial charge in [-0.3, -0.25) is 4.79 Å². The minimum Gasteiger partial charge on any atom is -0.356 e. The minimum atomic E-state index is 0.582. The van der Waals surface area contributed by atoms with Crippen molar-refractivity contribution in [2.24, 2.45) is 0 Å². The summed E-state index contributed by atoms with van der Waals surface area (Å²) in [6, 6.07) is 2.02. The molecule has 1 heterocycles. The third-order valence-corrected chi connectivity index (χ3v) is 3.76. The lowest BCUT2D eigenvalue weighted by atomic mass is 9.94. The Bertz CT molecular complexity index is 519. The summed E-state index contributed by atoms with van der Waals surface area (Å²) in [7, 11) is 0. The largest absolute Gasteiger partial charge is 0.356 e. The third kappa shape index (κ3) is 3.14. The number of allylic oxidation sites excluding steroid dienone is 5. The van der Waals surface area contributed by atoms with Crippen molar-refractivity contribution in [2.45, 2.75) is 38.5 Å². The number of carbonyl (C=O) groups is 1. The smallest absolute Gasteiger partial charge is 0.166 e. The zero-order valence-corrected chi connectivity index (χ0v) is 11.5. The first-order valence-corrected chi connectivity index (χ1v) is 6.89. The van der Waals surface area contributed by atoms with Gasteiger partial charge in [0.1, 0.15) is 0 Å². The lowest BCUT2D eigenvalue weighted by molar-refractivity contribution is 0.111. The molecule has 19 heavy (non-hydrogen) atoms. The second-order valence-electron chi connectivity index (χ2n) is 5.03. The normalized spacial score (nSPS) is 18.8. The number of aryl methyl sites for hydroxylation is 1. The first-order valence-electron chi connectivity index (χ1n) is 6.89. The molecule has 1 N–H and O–H groups in total. The number of hydrogen-bond acceptors (Lipinski definition) is 1. The summed E-state index contributed by atoms with van der Waals surface area (Å²) in [6.45, 7) is 5.79. The monoisotopic (exact) mass is 255 g/mol. The Morgan fingerprint density at radius 1 is 1.58 bits per heavy atom. The molecule has 0 saturated carbocycles. The van der Waals surface area contributed by atoms with Crippen LogP contribution in [0.4, 0.5) is 0 Å². The highest BCUT2D eigenvalue weighted by Gasteiger charge is 2.24. The van der Waals surface area contributed by atoms with Crippen molar-refractivity contribution in [3.8, 4) is 0 Å². The number of carbonyl (C=O) groups excluding carboxylic acids is 1. The zero-order valence-electron chi connectivity index (χ0n) is 11.5. The minimum absolute atomic E-state index is 0.582. The standard InChI is InChI=1S/C17H21NO/c1-3-5-13(6-4-2)7-8-14-9-10-17-16(14)11-15(12-19)18-17/h3-6,11-12,14,18H,1,7-10H2,2H3/b6-4-,13-5+. The topological polar surface area (TPSA) is 32.9 Å². The van der Waals surface area contributed by atoms with Crippen molar-refractivity contribution < 1.29 is 4.79 Å². The summed E-state index contributed by atoms with van der Waals surface area (Å²) in [5.41, 5.74) is 4.63. The molecule has 0 aliphatic heterocycles. The highest BCUT2D eigenvalue weighted by atomic mass is 16.1. The van der Waals surface area contributed by atoms with Crippen LogP contribution in [-0.4, -0.2) is 11.3 Å². The van der Waals surface area contributed by atoms with E-state index in [-0.39, 0.29) is 0 Å². The molecule has 0 saturated heterocycles. The first-order chi connectivity index (χ1) is 9.28. The molecule has 1 aliphatic carbocycles. The number of H-pyrrole nitrogens is 1. The molecule has 2 heteroatoms. The van der Waals surface area contributed by atoms with Crippen molar-refractivity contribution in [3.63, 3.8) is 0 Å². The molecule has 0 aromatic carbocycles. The van der Waals surface area contributed by atoms with E-state index in [2.05, 4.69) is 29.8 Å². The molecule has 0 bridgehead atoms. The predicted molar refractivity (Wildman–Crippen MR) is 79.6 cm³/mol. The lowest BCUT2D eigenvalue weighted by Gasteiger charge is -2.10. The van der Waals surface area contributed by atoms with Gasteiger partial charge in [0, 0.05) is 5.69 Å². The van der Waals surface area contributed by atoms with Gasteiger partial charge in [-0.15, -0.1) is 0 Å². The lowest BCUT2D eigenvalue weighted by Crippen LogP contribution is -1.94. The van der Waals surface area contributed by atoms with Crippen LogP contribution in [0.3, 0.4) is 0 Å². The summed E-state index contributed by atoms with van der Waals surface area (Å²) in [4.78, 5) is 14.0. The van der Waals surface area contributed by atoms with E-state index in [1.165, 1.54) is 23.3 Å². The quantitative estimate of drug-likeness (QED) is 0.595. The van der Waals surface area contributed by atoms with Gasteiger partial charge in [-0.25, -0.2) is 0 Å². The second-order valence-corrected chi connectivity index (χ2v) is 5.03. The molecule has 1 aliphatic rings. The van der Waals surface area contributed by atoms with E-state index in [0.717, 1.165) is 25.5 Å². The Morgan fingerprint density at radius 3 is 3.11 bits per heavy atom. The average Bonchev–Trinajstić information content (AvgIpc) is 2.96. The highest BCUT2D eigenvalue weighted by Crippen LogP contribution is 2.37. The maximum Gasteiger partial charge on any atom is 0.166 e. The van der Waals surface area contributed by atoms with E-state index < -0.39 is 0 Å². The van der Waals surface area contributed by atoms with Crippen LogP contribution in [0.1, 0.15) is 53.8 Å².